The molecule has 0 aliphatic heterocycles. The maximum absolute atomic E-state index is 11.1. The zero-order chi connectivity index (χ0) is 14.0. The number of carbonyl (C=O) groups is 1. The third kappa shape index (κ3) is 2.93. The predicted octanol–water partition coefficient (Wildman–Crippen LogP) is 2.88. The number of oxazole rings is 1. The highest BCUT2D eigenvalue weighted by molar-refractivity contribution is 5.91. The molecule has 1 heterocycles. The van der Waals surface area contributed by atoms with Gasteiger partial charge in [-0.2, -0.15) is 0 Å². The minimum absolute atomic E-state index is 0.109. The van der Waals surface area contributed by atoms with Crippen LogP contribution in [0.15, 0.2) is 22.6 Å². The van der Waals surface area contributed by atoms with Crippen molar-refractivity contribution in [1.29, 1.82) is 0 Å². The van der Waals surface area contributed by atoms with Crippen LogP contribution in [0.4, 0.5) is 0 Å². The Morgan fingerprint density at radius 1 is 1.37 bits per heavy atom. The summed E-state index contributed by atoms with van der Waals surface area (Å²) in [6.07, 6.45) is 0. The SMILES string of the molecule is Cc1ccc(OCc2nc(C)c(C)o2)c(C(=O)O)c1. The summed E-state index contributed by atoms with van der Waals surface area (Å²) in [5, 5.41) is 9.12. The smallest absolute Gasteiger partial charge is 0.339 e. The van der Waals surface area contributed by atoms with Gasteiger partial charge >= 0.3 is 5.97 Å². The van der Waals surface area contributed by atoms with Gasteiger partial charge < -0.3 is 14.3 Å². The molecule has 0 fully saturated rings. The second-order valence-corrected chi connectivity index (χ2v) is 4.34. The topological polar surface area (TPSA) is 72.6 Å². The van der Waals surface area contributed by atoms with E-state index in [2.05, 4.69) is 4.98 Å². The van der Waals surface area contributed by atoms with Crippen molar-refractivity contribution in [3.63, 3.8) is 0 Å². The number of nitrogens with zero attached hydrogens (tertiary/aromatic N) is 1. The maximum Gasteiger partial charge on any atom is 0.339 e. The van der Waals surface area contributed by atoms with Crippen molar-refractivity contribution in [2.75, 3.05) is 0 Å². The maximum atomic E-state index is 11.1. The van der Waals surface area contributed by atoms with Crippen LogP contribution >= 0.6 is 0 Å². The molecule has 0 radical (unpaired) electrons. The van der Waals surface area contributed by atoms with Crippen LogP contribution in [-0.4, -0.2) is 16.1 Å². The Kier molecular flexibility index (Phi) is 3.55. The molecule has 19 heavy (non-hydrogen) atoms. The lowest BCUT2D eigenvalue weighted by atomic mass is 10.1. The summed E-state index contributed by atoms with van der Waals surface area (Å²) >= 11 is 0. The fourth-order valence-corrected chi connectivity index (χ4v) is 1.68. The summed E-state index contributed by atoms with van der Waals surface area (Å²) in [5.74, 6) is 0.470. The average Bonchev–Trinajstić information content (AvgIpc) is 2.67. The number of hydrogen-bond acceptors (Lipinski definition) is 4. The number of carboxylic acids is 1. The third-order valence-electron chi connectivity index (χ3n) is 2.79. The van der Waals surface area contributed by atoms with Crippen LogP contribution in [0, 0.1) is 20.8 Å². The van der Waals surface area contributed by atoms with Crippen molar-refractivity contribution in [1.82, 2.24) is 4.98 Å². The first-order chi connectivity index (χ1) is 8.97. The van der Waals surface area contributed by atoms with Crippen LogP contribution in [0.2, 0.25) is 0 Å². The molecule has 0 bridgehead atoms. The average molecular weight is 261 g/mol. The van der Waals surface area contributed by atoms with Crippen molar-refractivity contribution < 1.29 is 19.1 Å². The first kappa shape index (κ1) is 13.1. The van der Waals surface area contributed by atoms with Gasteiger partial charge in [0.05, 0.1) is 5.69 Å². The Labute approximate surface area is 110 Å². The van der Waals surface area contributed by atoms with E-state index in [1.807, 2.05) is 20.8 Å². The Balaban J connectivity index is 2.17. The van der Waals surface area contributed by atoms with Crippen LogP contribution in [0.3, 0.4) is 0 Å². The van der Waals surface area contributed by atoms with E-state index in [9.17, 15) is 4.79 Å². The Morgan fingerprint density at radius 3 is 2.68 bits per heavy atom. The Bertz CT molecular complexity index is 596. The first-order valence-electron chi connectivity index (χ1n) is 5.87. The molecule has 0 saturated carbocycles. The molecule has 2 aromatic rings. The second kappa shape index (κ2) is 5.14. The van der Waals surface area contributed by atoms with Crippen molar-refractivity contribution in [2.45, 2.75) is 27.4 Å². The van der Waals surface area contributed by atoms with Crippen LogP contribution < -0.4 is 4.74 Å². The van der Waals surface area contributed by atoms with Crippen LogP contribution in [-0.2, 0) is 6.61 Å². The molecule has 0 amide bonds. The molecule has 0 atom stereocenters. The molecule has 5 nitrogen and oxygen atoms in total. The van der Waals surface area contributed by atoms with E-state index in [0.29, 0.717) is 11.6 Å². The monoisotopic (exact) mass is 261 g/mol. The third-order valence-corrected chi connectivity index (χ3v) is 2.79. The highest BCUT2D eigenvalue weighted by Crippen LogP contribution is 2.21. The highest BCUT2D eigenvalue weighted by Gasteiger charge is 2.13. The molecule has 2 rings (SSSR count). The molecule has 0 aliphatic carbocycles. The first-order valence-corrected chi connectivity index (χ1v) is 5.87. The molecule has 1 aromatic heterocycles. The van der Waals surface area contributed by atoms with E-state index in [1.165, 1.54) is 0 Å². The standard InChI is InChI=1S/C14H15NO4/c1-8-4-5-12(11(6-8)14(16)17)18-7-13-15-9(2)10(3)19-13/h4-6H,7H2,1-3H3,(H,16,17). The summed E-state index contributed by atoms with van der Waals surface area (Å²) in [7, 11) is 0. The largest absolute Gasteiger partial charge is 0.483 e. The van der Waals surface area contributed by atoms with Crippen molar-refractivity contribution in [3.05, 3.63) is 46.7 Å². The van der Waals surface area contributed by atoms with Gasteiger partial charge in [-0.05, 0) is 32.9 Å². The molecular formula is C14H15NO4. The van der Waals surface area contributed by atoms with E-state index in [4.69, 9.17) is 14.3 Å². The van der Waals surface area contributed by atoms with Crippen LogP contribution in [0.25, 0.3) is 0 Å². The number of aromatic nitrogens is 1. The molecular weight excluding hydrogens is 246 g/mol. The molecule has 0 aliphatic rings. The van der Waals surface area contributed by atoms with Gasteiger partial charge in [0, 0.05) is 0 Å². The number of hydrogen-bond donors (Lipinski definition) is 1. The quantitative estimate of drug-likeness (QED) is 0.916. The number of aromatic carboxylic acids is 1. The zero-order valence-corrected chi connectivity index (χ0v) is 11.1. The van der Waals surface area contributed by atoms with Gasteiger partial charge in [-0.1, -0.05) is 11.6 Å². The number of benzene rings is 1. The fourth-order valence-electron chi connectivity index (χ4n) is 1.68. The van der Waals surface area contributed by atoms with Gasteiger partial charge in [0.2, 0.25) is 5.89 Å². The highest BCUT2D eigenvalue weighted by atomic mass is 16.5. The predicted molar refractivity (Wildman–Crippen MR) is 68.4 cm³/mol. The Hall–Kier alpha value is -2.30. The molecule has 0 spiro atoms. The lowest BCUT2D eigenvalue weighted by Crippen LogP contribution is -2.04. The molecule has 100 valence electrons. The van der Waals surface area contributed by atoms with Crippen molar-refractivity contribution in [3.8, 4) is 5.75 Å². The number of rotatable bonds is 4. The van der Waals surface area contributed by atoms with Gasteiger partial charge in [0.15, 0.2) is 6.61 Å². The zero-order valence-electron chi connectivity index (χ0n) is 11.1. The molecule has 5 heteroatoms. The van der Waals surface area contributed by atoms with Crippen molar-refractivity contribution >= 4 is 5.97 Å². The number of ether oxygens (including phenoxy) is 1. The van der Waals surface area contributed by atoms with Gasteiger partial charge in [-0.3, -0.25) is 0 Å². The summed E-state index contributed by atoms with van der Waals surface area (Å²) in [5.41, 5.74) is 1.81. The normalized spacial score (nSPS) is 10.5. The summed E-state index contributed by atoms with van der Waals surface area (Å²) in [6.45, 7) is 5.60. The van der Waals surface area contributed by atoms with Gasteiger partial charge in [0.1, 0.15) is 17.1 Å². The Morgan fingerprint density at radius 2 is 2.11 bits per heavy atom. The van der Waals surface area contributed by atoms with Gasteiger partial charge in [-0.25, -0.2) is 9.78 Å². The summed E-state index contributed by atoms with van der Waals surface area (Å²) in [6, 6.07) is 5.01. The fraction of sp³-hybridized carbons (Fsp3) is 0.286. The number of aryl methyl sites for hydroxylation is 3. The lowest BCUT2D eigenvalue weighted by molar-refractivity contribution is 0.0691. The van der Waals surface area contributed by atoms with Crippen LogP contribution in [0.1, 0.15) is 33.3 Å². The van der Waals surface area contributed by atoms with E-state index in [-0.39, 0.29) is 12.2 Å². The molecule has 1 aromatic carbocycles. The minimum Gasteiger partial charge on any atom is -0.483 e. The minimum atomic E-state index is -1.02. The van der Waals surface area contributed by atoms with E-state index in [1.54, 1.807) is 18.2 Å². The molecule has 0 unspecified atom stereocenters. The number of carboxylic acid groups (broad SMARTS) is 1. The van der Waals surface area contributed by atoms with Gasteiger partial charge in [0.25, 0.3) is 0 Å². The van der Waals surface area contributed by atoms with E-state index in [0.717, 1.165) is 17.0 Å². The van der Waals surface area contributed by atoms with E-state index < -0.39 is 5.97 Å². The summed E-state index contributed by atoms with van der Waals surface area (Å²) < 4.78 is 10.8. The van der Waals surface area contributed by atoms with Crippen molar-refractivity contribution in [2.24, 2.45) is 0 Å². The van der Waals surface area contributed by atoms with Crippen LogP contribution in [0.5, 0.6) is 5.75 Å². The second-order valence-electron chi connectivity index (χ2n) is 4.34. The summed E-state index contributed by atoms with van der Waals surface area (Å²) in [4.78, 5) is 15.3. The molecule has 0 saturated heterocycles. The van der Waals surface area contributed by atoms with Gasteiger partial charge in [-0.15, -0.1) is 0 Å². The lowest BCUT2D eigenvalue weighted by Gasteiger charge is -2.08. The van der Waals surface area contributed by atoms with E-state index >= 15 is 0 Å². The molecule has 1 N–H and O–H groups in total.